The van der Waals surface area contributed by atoms with Crippen molar-refractivity contribution in [3.05, 3.63) is 22.7 Å². The van der Waals surface area contributed by atoms with Crippen molar-refractivity contribution in [2.75, 3.05) is 5.75 Å². The van der Waals surface area contributed by atoms with E-state index in [9.17, 15) is 8.42 Å². The first-order chi connectivity index (χ1) is 6.05. The third-order valence-corrected chi connectivity index (χ3v) is 3.86. The average molecular weight is 221 g/mol. The van der Waals surface area contributed by atoms with Gasteiger partial charge in [-0.15, -0.1) is 0 Å². The summed E-state index contributed by atoms with van der Waals surface area (Å²) in [6.45, 7) is 1.77. The van der Waals surface area contributed by atoms with E-state index in [2.05, 4.69) is 0 Å². The van der Waals surface area contributed by atoms with Crippen LogP contribution in [-0.4, -0.2) is 14.2 Å². The lowest BCUT2D eigenvalue weighted by molar-refractivity contribution is 0.433. The highest BCUT2D eigenvalue weighted by Crippen LogP contribution is 2.16. The van der Waals surface area contributed by atoms with E-state index in [4.69, 9.17) is 8.96 Å². The summed E-state index contributed by atoms with van der Waals surface area (Å²) in [5.74, 6) is 0.00153. The van der Waals surface area contributed by atoms with Gasteiger partial charge in [0, 0.05) is 0 Å². The molecule has 1 rings (SSSR count). The molecule has 1 aliphatic heterocycles. The third-order valence-electron chi connectivity index (χ3n) is 1.33. The van der Waals surface area contributed by atoms with Gasteiger partial charge in [0.2, 0.25) is 0 Å². The Hall–Kier alpha value is -0.620. The minimum Gasteiger partial charge on any atom is -0.374 e. The number of rotatable bonds is 4. The summed E-state index contributed by atoms with van der Waals surface area (Å²) < 4.78 is 34.5. The zero-order valence-electron chi connectivity index (χ0n) is 7.19. The summed E-state index contributed by atoms with van der Waals surface area (Å²) in [6.07, 6.45) is 3.67. The second kappa shape index (κ2) is 4.06. The topological polar surface area (TPSA) is 67.2 Å². The van der Waals surface area contributed by atoms with Crippen LogP contribution in [0.1, 0.15) is 13.3 Å². The Morgan fingerprint density at radius 3 is 2.77 bits per heavy atom. The Morgan fingerprint density at radius 2 is 2.31 bits per heavy atom. The lowest BCUT2D eigenvalue weighted by atomic mass is 10.6. The van der Waals surface area contributed by atoms with Crippen molar-refractivity contribution in [3.8, 4) is 0 Å². The van der Waals surface area contributed by atoms with Gasteiger partial charge >= 0.3 is 10.1 Å². The fourth-order valence-corrected chi connectivity index (χ4v) is 2.91. The predicted octanol–water partition coefficient (Wildman–Crippen LogP) is 1.49. The van der Waals surface area contributed by atoms with Crippen LogP contribution in [0, 0.1) is 4.78 Å². The zero-order chi connectivity index (χ0) is 9.90. The van der Waals surface area contributed by atoms with E-state index < -0.39 is 20.8 Å². The van der Waals surface area contributed by atoms with Crippen molar-refractivity contribution in [2.24, 2.45) is 0 Å². The molecule has 0 saturated carbocycles. The van der Waals surface area contributed by atoms with Gasteiger partial charge in [0.1, 0.15) is 0 Å². The van der Waals surface area contributed by atoms with Crippen molar-refractivity contribution in [3.63, 3.8) is 0 Å². The summed E-state index contributed by atoms with van der Waals surface area (Å²) in [5.41, 5.74) is 0. The Morgan fingerprint density at radius 1 is 1.62 bits per heavy atom. The minimum absolute atomic E-state index is 0.00153. The van der Waals surface area contributed by atoms with Gasteiger partial charge in [0.25, 0.3) is 0 Å². The van der Waals surface area contributed by atoms with Gasteiger partial charge in [-0.1, -0.05) is 13.0 Å². The van der Waals surface area contributed by atoms with Crippen LogP contribution in [0.4, 0.5) is 0 Å². The molecule has 0 bridgehead atoms. The Kier molecular flexibility index (Phi) is 3.27. The van der Waals surface area contributed by atoms with Gasteiger partial charge in [0.15, 0.2) is 5.09 Å². The maximum Gasteiger partial charge on any atom is 0.309 e. The number of hydrogen-bond acceptors (Lipinski definition) is 4. The molecular formula is C7H11NO3S2. The third kappa shape index (κ3) is 2.96. The van der Waals surface area contributed by atoms with Crippen LogP contribution >= 0.6 is 0 Å². The maximum atomic E-state index is 11.2. The van der Waals surface area contributed by atoms with E-state index >= 15 is 0 Å². The normalized spacial score (nSPS) is 21.6. The van der Waals surface area contributed by atoms with Gasteiger partial charge in [0.05, 0.1) is 5.75 Å². The molecule has 4 nitrogen and oxygen atoms in total. The van der Waals surface area contributed by atoms with E-state index in [0.29, 0.717) is 6.42 Å². The lowest BCUT2D eigenvalue weighted by Gasteiger charge is -2.06. The molecule has 1 aliphatic rings. The minimum atomic E-state index is -3.47. The highest BCUT2D eigenvalue weighted by atomic mass is 32.2. The van der Waals surface area contributed by atoms with E-state index in [0.717, 1.165) is 0 Å². The van der Waals surface area contributed by atoms with Gasteiger partial charge in [-0.3, -0.25) is 4.78 Å². The Balaban J connectivity index is 2.65. The molecule has 0 spiro atoms. The molecule has 0 saturated heterocycles. The quantitative estimate of drug-likeness (QED) is 0.731. The van der Waals surface area contributed by atoms with Crippen LogP contribution in [0.25, 0.3) is 0 Å². The van der Waals surface area contributed by atoms with Crippen LogP contribution < -0.4 is 0 Å². The molecule has 0 aromatic heterocycles. The van der Waals surface area contributed by atoms with Crippen molar-refractivity contribution in [1.29, 1.82) is 4.78 Å². The van der Waals surface area contributed by atoms with Crippen molar-refractivity contribution in [2.45, 2.75) is 13.3 Å². The largest absolute Gasteiger partial charge is 0.374 e. The standard InChI is InChI=1S/C7H11NO3S2/c1-2-6-13(9,10)11-7-4-3-5-12(7)8/h3-5,8H,2,6H2,1H3. The van der Waals surface area contributed by atoms with Crippen LogP contribution in [0.15, 0.2) is 22.7 Å². The first-order valence-electron chi connectivity index (χ1n) is 3.80. The molecule has 0 aromatic carbocycles. The Bertz CT molecular complexity index is 367. The summed E-state index contributed by atoms with van der Waals surface area (Å²) in [6, 6.07) is 0. The molecular weight excluding hydrogens is 210 g/mol. The van der Waals surface area contributed by atoms with Crippen molar-refractivity contribution < 1.29 is 12.6 Å². The molecule has 0 amide bonds. The van der Waals surface area contributed by atoms with Crippen LogP contribution in [0.3, 0.4) is 0 Å². The molecule has 6 heteroatoms. The fourth-order valence-electron chi connectivity index (χ4n) is 0.818. The summed E-state index contributed by atoms with van der Waals surface area (Å²) >= 11 is 0. The number of nitrogens with one attached hydrogen (secondary N) is 1. The molecule has 1 unspecified atom stereocenters. The first-order valence-corrected chi connectivity index (χ1v) is 6.66. The smallest absolute Gasteiger partial charge is 0.309 e. The monoisotopic (exact) mass is 221 g/mol. The van der Waals surface area contributed by atoms with Gasteiger partial charge < -0.3 is 4.18 Å². The van der Waals surface area contributed by atoms with Crippen LogP contribution in [0.2, 0.25) is 0 Å². The fraction of sp³-hybridized carbons (Fsp3) is 0.429. The molecule has 0 aliphatic carbocycles. The van der Waals surface area contributed by atoms with Gasteiger partial charge in [-0.2, -0.15) is 8.42 Å². The van der Waals surface area contributed by atoms with Crippen molar-refractivity contribution in [1.82, 2.24) is 0 Å². The van der Waals surface area contributed by atoms with E-state index in [-0.39, 0.29) is 10.8 Å². The van der Waals surface area contributed by atoms with Gasteiger partial charge in [-0.05, 0) is 28.6 Å². The van der Waals surface area contributed by atoms with Crippen LogP contribution in [-0.2, 0) is 25.0 Å². The molecule has 1 N–H and O–H groups in total. The summed E-state index contributed by atoms with van der Waals surface area (Å²) in [4.78, 5) is 0. The second-order valence-electron chi connectivity index (χ2n) is 2.50. The molecule has 0 radical (unpaired) electrons. The number of allylic oxidation sites excluding steroid dienone is 2. The van der Waals surface area contributed by atoms with E-state index in [1.165, 1.54) is 6.08 Å². The Labute approximate surface area is 80.3 Å². The second-order valence-corrected chi connectivity index (χ2v) is 5.54. The van der Waals surface area contributed by atoms with Crippen molar-refractivity contribution >= 4 is 20.8 Å². The molecule has 1 heterocycles. The van der Waals surface area contributed by atoms with E-state index in [1.54, 1.807) is 18.4 Å². The molecule has 1 atom stereocenters. The average Bonchev–Trinajstić information content (AvgIpc) is 2.35. The lowest BCUT2D eigenvalue weighted by Crippen LogP contribution is -2.10. The predicted molar refractivity (Wildman–Crippen MR) is 52.5 cm³/mol. The highest BCUT2D eigenvalue weighted by molar-refractivity contribution is 7.94. The molecule has 74 valence electrons. The number of hydrogen-bond donors (Lipinski definition) is 1. The van der Waals surface area contributed by atoms with Gasteiger partial charge in [-0.25, -0.2) is 0 Å². The summed E-state index contributed by atoms with van der Waals surface area (Å²) in [5, 5.41) is 1.81. The highest BCUT2D eigenvalue weighted by Gasteiger charge is 2.16. The van der Waals surface area contributed by atoms with Crippen LogP contribution in [0.5, 0.6) is 0 Å². The zero-order valence-corrected chi connectivity index (χ0v) is 8.82. The molecule has 13 heavy (non-hydrogen) atoms. The van der Waals surface area contributed by atoms with E-state index in [1.807, 2.05) is 0 Å². The molecule has 0 fully saturated rings. The first kappa shape index (κ1) is 10.5. The summed E-state index contributed by atoms with van der Waals surface area (Å²) in [7, 11) is -4.40. The molecule has 0 aromatic rings. The SMILES string of the molecule is CCCS(=O)(=O)OC1=CC=CS1=N. The maximum absolute atomic E-state index is 11.2.